The van der Waals surface area contributed by atoms with E-state index in [2.05, 4.69) is 18.7 Å². The van der Waals surface area contributed by atoms with Crippen LogP contribution in [0.4, 0.5) is 0 Å². The number of hydrogen-bond donors (Lipinski definition) is 1. The van der Waals surface area contributed by atoms with Crippen molar-refractivity contribution in [3.8, 4) is 0 Å². The summed E-state index contributed by atoms with van der Waals surface area (Å²) in [6.07, 6.45) is 19.7. The fourth-order valence-electron chi connectivity index (χ4n) is 3.21. The third-order valence-electron chi connectivity index (χ3n) is 4.92. The minimum Gasteiger partial charge on any atom is -0.481 e. The first-order valence-corrected chi connectivity index (χ1v) is 10.6. The molecule has 0 spiro atoms. The number of rotatable bonds is 19. The fourth-order valence-corrected chi connectivity index (χ4v) is 3.21. The minimum atomic E-state index is -0.686. The largest absolute Gasteiger partial charge is 0.481 e. The molecule has 0 aliphatic carbocycles. The van der Waals surface area contributed by atoms with Crippen molar-refractivity contribution in [1.82, 2.24) is 4.90 Å². The number of hydrogen-bond acceptors (Lipinski definition) is 2. The van der Waals surface area contributed by atoms with Crippen LogP contribution in [0.15, 0.2) is 0 Å². The lowest BCUT2D eigenvalue weighted by Crippen LogP contribution is -2.27. The summed E-state index contributed by atoms with van der Waals surface area (Å²) >= 11 is 0. The molecular formula is C21H43NO2. The van der Waals surface area contributed by atoms with E-state index in [0.29, 0.717) is 6.54 Å². The molecule has 3 nitrogen and oxygen atoms in total. The third kappa shape index (κ3) is 17.8. The molecule has 0 saturated heterocycles. The van der Waals surface area contributed by atoms with Crippen molar-refractivity contribution in [2.45, 2.75) is 110 Å². The SMILES string of the molecule is CCCCCCCCCCCCCCCCN(CC)CCC(=O)O. The predicted octanol–water partition coefficient (Wildman–Crippen LogP) is 6.26. The molecule has 0 bridgehead atoms. The van der Waals surface area contributed by atoms with Gasteiger partial charge in [-0.1, -0.05) is 97.3 Å². The number of carboxylic acid groups (broad SMARTS) is 1. The molecule has 0 fully saturated rings. The molecule has 3 heteroatoms. The fraction of sp³-hybridized carbons (Fsp3) is 0.952. The van der Waals surface area contributed by atoms with Crippen molar-refractivity contribution in [3.63, 3.8) is 0 Å². The van der Waals surface area contributed by atoms with Crippen LogP contribution in [0.3, 0.4) is 0 Å². The number of carbonyl (C=O) groups is 1. The number of aliphatic carboxylic acids is 1. The van der Waals surface area contributed by atoms with Crippen LogP contribution in [0.25, 0.3) is 0 Å². The number of nitrogens with zero attached hydrogens (tertiary/aromatic N) is 1. The maximum Gasteiger partial charge on any atom is 0.304 e. The van der Waals surface area contributed by atoms with Crippen LogP contribution in [-0.2, 0) is 4.79 Å². The van der Waals surface area contributed by atoms with Crippen molar-refractivity contribution in [2.75, 3.05) is 19.6 Å². The summed E-state index contributed by atoms with van der Waals surface area (Å²) in [5, 5.41) is 8.73. The molecule has 0 radical (unpaired) electrons. The van der Waals surface area contributed by atoms with E-state index in [-0.39, 0.29) is 6.42 Å². The molecule has 0 aromatic carbocycles. The summed E-state index contributed by atoms with van der Waals surface area (Å²) in [5.41, 5.74) is 0. The van der Waals surface area contributed by atoms with E-state index >= 15 is 0 Å². The molecule has 0 atom stereocenters. The first kappa shape index (κ1) is 23.4. The first-order chi connectivity index (χ1) is 11.7. The monoisotopic (exact) mass is 341 g/mol. The number of unbranched alkanes of at least 4 members (excludes halogenated alkanes) is 13. The first-order valence-electron chi connectivity index (χ1n) is 10.6. The van der Waals surface area contributed by atoms with Gasteiger partial charge in [0.15, 0.2) is 0 Å². The Labute approximate surface area is 151 Å². The number of carboxylic acids is 1. The molecule has 0 unspecified atom stereocenters. The second-order valence-electron chi connectivity index (χ2n) is 7.17. The van der Waals surface area contributed by atoms with Gasteiger partial charge < -0.3 is 10.0 Å². The second kappa shape index (κ2) is 18.8. The van der Waals surface area contributed by atoms with Crippen molar-refractivity contribution < 1.29 is 9.90 Å². The van der Waals surface area contributed by atoms with Gasteiger partial charge in [-0.3, -0.25) is 4.79 Å². The summed E-state index contributed by atoms with van der Waals surface area (Å²) in [4.78, 5) is 12.9. The highest BCUT2D eigenvalue weighted by Gasteiger charge is 2.04. The Morgan fingerprint density at radius 1 is 0.667 bits per heavy atom. The summed E-state index contributed by atoms with van der Waals surface area (Å²) in [7, 11) is 0. The highest BCUT2D eigenvalue weighted by Crippen LogP contribution is 2.13. The maximum atomic E-state index is 10.6. The quantitative estimate of drug-likeness (QED) is 0.282. The lowest BCUT2D eigenvalue weighted by atomic mass is 10.0. The average Bonchev–Trinajstić information content (AvgIpc) is 2.57. The summed E-state index contributed by atoms with van der Waals surface area (Å²) in [5.74, 6) is -0.686. The van der Waals surface area contributed by atoms with Crippen LogP contribution >= 0.6 is 0 Å². The zero-order chi connectivity index (χ0) is 17.9. The van der Waals surface area contributed by atoms with E-state index in [1.54, 1.807) is 0 Å². The molecule has 0 aromatic rings. The summed E-state index contributed by atoms with van der Waals surface area (Å²) < 4.78 is 0. The zero-order valence-electron chi connectivity index (χ0n) is 16.5. The molecule has 144 valence electrons. The Kier molecular flexibility index (Phi) is 18.3. The van der Waals surface area contributed by atoms with Gasteiger partial charge in [-0.15, -0.1) is 0 Å². The van der Waals surface area contributed by atoms with Gasteiger partial charge in [0, 0.05) is 6.54 Å². The predicted molar refractivity (Wildman–Crippen MR) is 105 cm³/mol. The Morgan fingerprint density at radius 2 is 1.08 bits per heavy atom. The Hall–Kier alpha value is -0.570. The maximum absolute atomic E-state index is 10.6. The van der Waals surface area contributed by atoms with Gasteiger partial charge in [0.1, 0.15) is 0 Å². The molecule has 0 aliphatic heterocycles. The van der Waals surface area contributed by atoms with Crippen LogP contribution in [0.1, 0.15) is 110 Å². The molecule has 0 aromatic heterocycles. The second-order valence-corrected chi connectivity index (χ2v) is 7.17. The van der Waals surface area contributed by atoms with E-state index < -0.39 is 5.97 Å². The third-order valence-corrected chi connectivity index (χ3v) is 4.92. The van der Waals surface area contributed by atoms with Gasteiger partial charge >= 0.3 is 5.97 Å². The molecule has 0 heterocycles. The molecule has 0 rings (SSSR count). The van der Waals surface area contributed by atoms with Crippen molar-refractivity contribution in [3.05, 3.63) is 0 Å². The van der Waals surface area contributed by atoms with Crippen molar-refractivity contribution in [1.29, 1.82) is 0 Å². The zero-order valence-corrected chi connectivity index (χ0v) is 16.5. The van der Waals surface area contributed by atoms with Crippen molar-refractivity contribution >= 4 is 5.97 Å². The summed E-state index contributed by atoms with van der Waals surface area (Å²) in [6.45, 7) is 7.11. The van der Waals surface area contributed by atoms with Gasteiger partial charge in [-0.05, 0) is 19.5 Å². The van der Waals surface area contributed by atoms with E-state index in [1.165, 1.54) is 89.9 Å². The standard InChI is InChI=1S/C21H43NO2/c1-3-5-6-7-8-9-10-11-12-13-14-15-16-17-19-22(4-2)20-18-21(23)24/h3-20H2,1-2H3,(H,23,24). The Bertz CT molecular complexity index is 269. The lowest BCUT2D eigenvalue weighted by Gasteiger charge is -2.19. The normalized spacial score (nSPS) is 11.3. The molecule has 0 aliphatic rings. The average molecular weight is 342 g/mol. The van der Waals surface area contributed by atoms with Crippen LogP contribution in [0.5, 0.6) is 0 Å². The van der Waals surface area contributed by atoms with Crippen LogP contribution in [-0.4, -0.2) is 35.6 Å². The highest BCUT2D eigenvalue weighted by molar-refractivity contribution is 5.66. The Balaban J connectivity index is 3.20. The van der Waals surface area contributed by atoms with Gasteiger partial charge in [-0.2, -0.15) is 0 Å². The molecular weight excluding hydrogens is 298 g/mol. The molecule has 0 saturated carbocycles. The van der Waals surface area contributed by atoms with E-state index in [9.17, 15) is 4.79 Å². The van der Waals surface area contributed by atoms with Crippen LogP contribution < -0.4 is 0 Å². The summed E-state index contributed by atoms with van der Waals surface area (Å²) in [6, 6.07) is 0. The lowest BCUT2D eigenvalue weighted by molar-refractivity contribution is -0.137. The highest BCUT2D eigenvalue weighted by atomic mass is 16.4. The van der Waals surface area contributed by atoms with Gasteiger partial charge in [-0.25, -0.2) is 0 Å². The Morgan fingerprint density at radius 3 is 1.46 bits per heavy atom. The minimum absolute atomic E-state index is 0.270. The smallest absolute Gasteiger partial charge is 0.304 e. The van der Waals surface area contributed by atoms with E-state index in [4.69, 9.17) is 5.11 Å². The van der Waals surface area contributed by atoms with Crippen LogP contribution in [0.2, 0.25) is 0 Å². The van der Waals surface area contributed by atoms with Crippen molar-refractivity contribution in [2.24, 2.45) is 0 Å². The van der Waals surface area contributed by atoms with E-state index in [0.717, 1.165) is 13.1 Å². The van der Waals surface area contributed by atoms with Gasteiger partial charge in [0.25, 0.3) is 0 Å². The topological polar surface area (TPSA) is 40.5 Å². The van der Waals surface area contributed by atoms with Gasteiger partial charge in [0.2, 0.25) is 0 Å². The molecule has 1 N–H and O–H groups in total. The molecule has 0 amide bonds. The van der Waals surface area contributed by atoms with Gasteiger partial charge in [0.05, 0.1) is 6.42 Å². The van der Waals surface area contributed by atoms with Crippen LogP contribution in [0, 0.1) is 0 Å². The molecule has 24 heavy (non-hydrogen) atoms. The van der Waals surface area contributed by atoms with E-state index in [1.807, 2.05) is 0 Å².